The molecule has 120 valence electrons. The molecule has 5 nitrogen and oxygen atoms in total. The summed E-state index contributed by atoms with van der Waals surface area (Å²) in [7, 11) is 3.69. The predicted octanol–water partition coefficient (Wildman–Crippen LogP) is 2.28. The van der Waals surface area contributed by atoms with Crippen LogP contribution in [0.4, 0.5) is 0 Å². The average Bonchev–Trinajstić information content (AvgIpc) is 3.31. The minimum absolute atomic E-state index is 0.167. The minimum Gasteiger partial charge on any atom is -0.493 e. The number of para-hydroxylation sites is 1. The summed E-state index contributed by atoms with van der Waals surface area (Å²) < 4.78 is 11.6. The van der Waals surface area contributed by atoms with Crippen LogP contribution in [0.1, 0.15) is 31.2 Å². The van der Waals surface area contributed by atoms with Crippen molar-refractivity contribution in [2.45, 2.75) is 37.2 Å². The van der Waals surface area contributed by atoms with Crippen molar-refractivity contribution in [3.05, 3.63) is 23.8 Å². The number of rotatable bonds is 5. The number of hydrogen-bond acceptors (Lipinski definition) is 4. The Labute approximate surface area is 130 Å². The number of carboxylic acid groups (broad SMARTS) is 1. The van der Waals surface area contributed by atoms with Crippen molar-refractivity contribution < 1.29 is 19.4 Å². The normalized spacial score (nSPS) is 21.4. The first-order chi connectivity index (χ1) is 10.6. The van der Waals surface area contributed by atoms with Crippen LogP contribution in [-0.4, -0.2) is 49.3 Å². The zero-order valence-corrected chi connectivity index (χ0v) is 13.2. The molecular weight excluding hydrogens is 282 g/mol. The van der Waals surface area contributed by atoms with E-state index >= 15 is 0 Å². The van der Waals surface area contributed by atoms with Crippen molar-refractivity contribution in [2.75, 3.05) is 27.2 Å². The molecule has 1 saturated heterocycles. The lowest BCUT2D eigenvalue weighted by molar-refractivity contribution is -0.140. The van der Waals surface area contributed by atoms with Gasteiger partial charge in [-0.2, -0.15) is 0 Å². The predicted molar refractivity (Wildman–Crippen MR) is 82.7 cm³/mol. The fourth-order valence-corrected chi connectivity index (χ4v) is 3.20. The first-order valence-electron chi connectivity index (χ1n) is 7.83. The second-order valence-electron chi connectivity index (χ2n) is 6.34. The molecule has 1 heterocycles. The van der Waals surface area contributed by atoms with E-state index in [2.05, 4.69) is 11.9 Å². The molecule has 2 fully saturated rings. The second-order valence-corrected chi connectivity index (χ2v) is 6.34. The molecule has 0 atom stereocenters. The van der Waals surface area contributed by atoms with Crippen LogP contribution < -0.4 is 9.47 Å². The first kappa shape index (κ1) is 15.2. The van der Waals surface area contributed by atoms with Gasteiger partial charge >= 0.3 is 5.97 Å². The van der Waals surface area contributed by atoms with Gasteiger partial charge in [0.25, 0.3) is 0 Å². The third-order valence-corrected chi connectivity index (χ3v) is 4.82. The van der Waals surface area contributed by atoms with E-state index in [0.717, 1.165) is 31.5 Å². The maximum atomic E-state index is 11.6. The molecule has 0 bridgehead atoms. The highest BCUT2D eigenvalue weighted by atomic mass is 16.5. The maximum Gasteiger partial charge on any atom is 0.314 e. The molecule has 0 amide bonds. The van der Waals surface area contributed by atoms with Crippen molar-refractivity contribution in [1.29, 1.82) is 0 Å². The van der Waals surface area contributed by atoms with Gasteiger partial charge in [0, 0.05) is 18.7 Å². The Morgan fingerprint density at radius 2 is 2.00 bits per heavy atom. The molecule has 0 radical (unpaired) electrons. The fourth-order valence-electron chi connectivity index (χ4n) is 3.20. The van der Waals surface area contributed by atoms with Gasteiger partial charge in [0.15, 0.2) is 11.5 Å². The monoisotopic (exact) mass is 305 g/mol. The Hall–Kier alpha value is -1.75. The molecule has 2 aliphatic rings. The highest BCUT2D eigenvalue weighted by Gasteiger charge is 2.53. The van der Waals surface area contributed by atoms with E-state index in [9.17, 15) is 9.90 Å². The number of carboxylic acids is 1. The standard InChI is InChI=1S/C17H23NO4/c1-18-10-6-12(7-11-18)22-14-5-3-4-13(15(14)21-2)17(8-9-17)16(19)20/h3-5,12H,6-11H2,1-2H3,(H,19,20). The molecule has 3 rings (SSSR count). The van der Waals surface area contributed by atoms with E-state index in [1.54, 1.807) is 7.11 Å². The van der Waals surface area contributed by atoms with Gasteiger partial charge in [-0.3, -0.25) is 4.79 Å². The van der Waals surface area contributed by atoms with Crippen LogP contribution in [0.3, 0.4) is 0 Å². The summed E-state index contributed by atoms with van der Waals surface area (Å²) in [6.45, 7) is 2.04. The van der Waals surface area contributed by atoms with Crippen LogP contribution >= 0.6 is 0 Å². The third kappa shape index (κ3) is 2.65. The molecule has 0 spiro atoms. The summed E-state index contributed by atoms with van der Waals surface area (Å²) in [6.07, 6.45) is 3.45. The molecule has 1 aliphatic heterocycles. The Balaban J connectivity index is 1.84. The molecule has 1 saturated carbocycles. The zero-order chi connectivity index (χ0) is 15.7. The summed E-state index contributed by atoms with van der Waals surface area (Å²) in [5.74, 6) is 0.477. The Morgan fingerprint density at radius 1 is 1.32 bits per heavy atom. The van der Waals surface area contributed by atoms with E-state index in [1.165, 1.54) is 0 Å². The summed E-state index contributed by atoms with van der Waals surface area (Å²) in [5.41, 5.74) is -0.0368. The number of carbonyl (C=O) groups is 1. The van der Waals surface area contributed by atoms with E-state index in [4.69, 9.17) is 9.47 Å². The summed E-state index contributed by atoms with van der Waals surface area (Å²) in [4.78, 5) is 13.9. The number of hydrogen-bond donors (Lipinski definition) is 1. The van der Waals surface area contributed by atoms with Crippen molar-refractivity contribution in [2.24, 2.45) is 0 Å². The number of piperidine rings is 1. The smallest absolute Gasteiger partial charge is 0.314 e. The summed E-state index contributed by atoms with van der Waals surface area (Å²) in [5, 5.41) is 9.52. The zero-order valence-electron chi connectivity index (χ0n) is 13.2. The van der Waals surface area contributed by atoms with Gasteiger partial charge in [-0.1, -0.05) is 12.1 Å². The summed E-state index contributed by atoms with van der Waals surface area (Å²) in [6, 6.07) is 5.59. The topological polar surface area (TPSA) is 59.0 Å². The van der Waals surface area contributed by atoms with E-state index < -0.39 is 11.4 Å². The van der Waals surface area contributed by atoms with Gasteiger partial charge in [0.2, 0.25) is 0 Å². The van der Waals surface area contributed by atoms with Crippen LogP contribution in [0.5, 0.6) is 11.5 Å². The molecule has 1 aromatic rings. The second kappa shape index (κ2) is 5.80. The lowest BCUT2D eigenvalue weighted by atomic mass is 9.94. The van der Waals surface area contributed by atoms with Gasteiger partial charge in [0.05, 0.1) is 12.5 Å². The van der Waals surface area contributed by atoms with Crippen LogP contribution in [0, 0.1) is 0 Å². The number of aliphatic carboxylic acids is 1. The van der Waals surface area contributed by atoms with Crippen molar-refractivity contribution >= 4 is 5.97 Å². The van der Waals surface area contributed by atoms with E-state index in [0.29, 0.717) is 24.3 Å². The van der Waals surface area contributed by atoms with Crippen LogP contribution in [0.2, 0.25) is 0 Å². The Bertz CT molecular complexity index is 560. The molecule has 1 N–H and O–H groups in total. The lowest BCUT2D eigenvalue weighted by Gasteiger charge is -2.30. The first-order valence-corrected chi connectivity index (χ1v) is 7.83. The highest BCUT2D eigenvalue weighted by Crippen LogP contribution is 2.53. The van der Waals surface area contributed by atoms with Gasteiger partial charge in [-0.25, -0.2) is 0 Å². The lowest BCUT2D eigenvalue weighted by Crippen LogP contribution is -2.35. The van der Waals surface area contributed by atoms with E-state index in [-0.39, 0.29) is 6.10 Å². The molecule has 0 aromatic heterocycles. The molecule has 1 aromatic carbocycles. The molecule has 5 heteroatoms. The Kier molecular flexibility index (Phi) is 4.00. The molecule has 22 heavy (non-hydrogen) atoms. The van der Waals surface area contributed by atoms with Gasteiger partial charge in [-0.15, -0.1) is 0 Å². The number of methoxy groups -OCH3 is 1. The van der Waals surface area contributed by atoms with Gasteiger partial charge in [0.1, 0.15) is 6.10 Å². The SMILES string of the molecule is COc1c(OC2CCN(C)CC2)cccc1C1(C(=O)O)CC1. The molecule has 0 unspecified atom stereocenters. The molecule has 1 aliphatic carbocycles. The average molecular weight is 305 g/mol. The third-order valence-electron chi connectivity index (χ3n) is 4.82. The highest BCUT2D eigenvalue weighted by molar-refractivity contribution is 5.86. The maximum absolute atomic E-state index is 11.6. The van der Waals surface area contributed by atoms with Crippen molar-refractivity contribution in [3.8, 4) is 11.5 Å². The van der Waals surface area contributed by atoms with Crippen LogP contribution in [-0.2, 0) is 10.2 Å². The largest absolute Gasteiger partial charge is 0.493 e. The number of likely N-dealkylation sites (tertiary alicyclic amines) is 1. The molecular formula is C17H23NO4. The number of benzene rings is 1. The fraction of sp³-hybridized carbons (Fsp3) is 0.588. The van der Waals surface area contributed by atoms with E-state index in [1.807, 2.05) is 18.2 Å². The van der Waals surface area contributed by atoms with Crippen LogP contribution in [0.25, 0.3) is 0 Å². The quantitative estimate of drug-likeness (QED) is 0.904. The van der Waals surface area contributed by atoms with Crippen LogP contribution in [0.15, 0.2) is 18.2 Å². The number of nitrogens with zero attached hydrogens (tertiary/aromatic N) is 1. The van der Waals surface area contributed by atoms with Gasteiger partial charge < -0.3 is 19.5 Å². The van der Waals surface area contributed by atoms with Crippen molar-refractivity contribution in [1.82, 2.24) is 4.90 Å². The minimum atomic E-state index is -0.780. The Morgan fingerprint density at radius 3 is 2.55 bits per heavy atom. The van der Waals surface area contributed by atoms with Crippen molar-refractivity contribution in [3.63, 3.8) is 0 Å². The number of ether oxygens (including phenoxy) is 2. The summed E-state index contributed by atoms with van der Waals surface area (Å²) >= 11 is 0. The van der Waals surface area contributed by atoms with Gasteiger partial charge in [-0.05, 0) is 38.8 Å².